The number of halogens is 2. The van der Waals surface area contributed by atoms with Crippen molar-refractivity contribution < 1.29 is 9.92 Å². The molecule has 0 rings (SSSR count). The zero-order chi connectivity index (χ0) is 6.78. The quantitative estimate of drug-likeness (QED) is 0.348. The van der Waals surface area contributed by atoms with E-state index in [2.05, 4.69) is 4.84 Å². The van der Waals surface area contributed by atoms with Crippen LogP contribution in [0.25, 0.3) is 0 Å². The zero-order valence-electron chi connectivity index (χ0n) is 3.93. The first-order valence-electron chi connectivity index (χ1n) is 1.63. The van der Waals surface area contributed by atoms with Crippen LogP contribution in [0, 0.1) is 10.1 Å². The molecule has 0 aliphatic rings. The Morgan fingerprint density at radius 2 is 2.12 bits per heavy atom. The van der Waals surface area contributed by atoms with Gasteiger partial charge in [0.25, 0.3) is 9.61 Å². The number of rotatable bonds is 2. The van der Waals surface area contributed by atoms with E-state index in [1.165, 1.54) is 0 Å². The van der Waals surface area contributed by atoms with E-state index in [-0.39, 0.29) is 0 Å². The van der Waals surface area contributed by atoms with Crippen molar-refractivity contribution in [2.45, 2.75) is 11.4 Å². The Labute approximate surface area is 55.4 Å². The molecule has 0 aliphatic carbocycles. The van der Waals surface area contributed by atoms with Crippen molar-refractivity contribution in [2.24, 2.45) is 0 Å². The summed E-state index contributed by atoms with van der Waals surface area (Å²) in [6, 6.07) is 0. The van der Waals surface area contributed by atoms with Gasteiger partial charge in [0.15, 0.2) is 0 Å². The number of nitrogens with zero attached hydrogens (tertiary/aromatic N) is 1. The fourth-order valence-corrected chi connectivity index (χ4v) is 0.244. The van der Waals surface area contributed by atoms with Crippen molar-refractivity contribution in [1.29, 1.82) is 0 Å². The lowest BCUT2D eigenvalue weighted by atomic mass is 10.9. The topological polar surface area (TPSA) is 52.4 Å². The molecule has 8 heavy (non-hydrogen) atoms. The molecular weight excluding hydrogens is 157 g/mol. The van der Waals surface area contributed by atoms with Crippen LogP contribution in [-0.2, 0) is 4.84 Å². The summed E-state index contributed by atoms with van der Waals surface area (Å²) in [5.74, 6) is 0. The molecule has 0 radical (unpaired) electrons. The normalized spacial score (nSPS) is 10.9. The lowest BCUT2D eigenvalue weighted by Gasteiger charge is -2.07. The van der Waals surface area contributed by atoms with Gasteiger partial charge in [-0.1, -0.05) is 23.2 Å². The smallest absolute Gasteiger partial charge is 0.275 e. The summed E-state index contributed by atoms with van der Waals surface area (Å²) < 4.78 is -1.73. The first kappa shape index (κ1) is 7.78. The van der Waals surface area contributed by atoms with E-state index in [4.69, 9.17) is 23.2 Å². The van der Waals surface area contributed by atoms with Gasteiger partial charge in [-0.25, -0.2) is 0 Å². The molecule has 0 aromatic carbocycles. The summed E-state index contributed by atoms with van der Waals surface area (Å²) in [6.45, 7) is 1.15. The third-order valence-electron chi connectivity index (χ3n) is 0.235. The van der Waals surface area contributed by atoms with Crippen molar-refractivity contribution in [3.8, 4) is 0 Å². The molecule has 0 aliphatic heterocycles. The fourth-order valence-electron chi connectivity index (χ4n) is 0.131. The van der Waals surface area contributed by atoms with Crippen molar-refractivity contribution in [3.05, 3.63) is 10.1 Å². The van der Waals surface area contributed by atoms with Gasteiger partial charge < -0.3 is 0 Å². The van der Waals surface area contributed by atoms with Gasteiger partial charge in [-0.15, -0.1) is 10.1 Å². The molecular formula is C2H3Cl2NO3. The maximum Gasteiger partial charge on any atom is 0.297 e. The van der Waals surface area contributed by atoms with Gasteiger partial charge in [0, 0.05) is 0 Å². The predicted molar refractivity (Wildman–Crippen MR) is 28.2 cm³/mol. The van der Waals surface area contributed by atoms with Gasteiger partial charge in [0.1, 0.15) is 0 Å². The molecule has 0 bridgehead atoms. The Balaban J connectivity index is 3.55. The van der Waals surface area contributed by atoms with Crippen LogP contribution >= 0.6 is 23.2 Å². The molecule has 48 valence electrons. The maximum atomic E-state index is 9.43. The van der Waals surface area contributed by atoms with Crippen molar-refractivity contribution >= 4 is 23.2 Å². The lowest BCUT2D eigenvalue weighted by molar-refractivity contribution is -0.766. The van der Waals surface area contributed by atoms with E-state index < -0.39 is 9.61 Å². The van der Waals surface area contributed by atoms with Crippen molar-refractivity contribution in [1.82, 2.24) is 0 Å². The highest BCUT2D eigenvalue weighted by molar-refractivity contribution is 6.46. The minimum absolute atomic E-state index is 1.06. The van der Waals surface area contributed by atoms with Crippen LogP contribution in [0.2, 0.25) is 0 Å². The van der Waals surface area contributed by atoms with E-state index in [9.17, 15) is 10.1 Å². The van der Waals surface area contributed by atoms with Crippen LogP contribution in [0.1, 0.15) is 6.92 Å². The van der Waals surface area contributed by atoms with E-state index in [1.807, 2.05) is 0 Å². The van der Waals surface area contributed by atoms with E-state index in [0.29, 0.717) is 0 Å². The van der Waals surface area contributed by atoms with E-state index in [1.54, 1.807) is 0 Å². The molecule has 0 fully saturated rings. The summed E-state index contributed by atoms with van der Waals surface area (Å²) in [5.41, 5.74) is 0. The van der Waals surface area contributed by atoms with Gasteiger partial charge in [0.05, 0.1) is 0 Å². The highest BCUT2D eigenvalue weighted by Crippen LogP contribution is 2.20. The summed E-state index contributed by atoms with van der Waals surface area (Å²) in [7, 11) is 0. The first-order valence-corrected chi connectivity index (χ1v) is 2.39. The standard InChI is InChI=1S/C2H3Cl2NO3/c1-2(3,4)8-5(6)7/h1H3. The third kappa shape index (κ3) is 5.78. The lowest BCUT2D eigenvalue weighted by Crippen LogP contribution is -2.16. The van der Waals surface area contributed by atoms with Crippen LogP contribution in [0.4, 0.5) is 0 Å². The van der Waals surface area contributed by atoms with Gasteiger partial charge >= 0.3 is 0 Å². The Morgan fingerprint density at radius 3 is 2.12 bits per heavy atom. The molecule has 0 saturated heterocycles. The minimum atomic E-state index is -1.73. The first-order chi connectivity index (χ1) is 3.42. The monoisotopic (exact) mass is 159 g/mol. The maximum absolute atomic E-state index is 9.43. The SMILES string of the molecule is CC(Cl)(Cl)O[N+](=O)[O-]. The molecule has 0 heterocycles. The van der Waals surface area contributed by atoms with Crippen LogP contribution in [0.5, 0.6) is 0 Å². The second-order valence-electron chi connectivity index (χ2n) is 1.12. The molecule has 0 spiro atoms. The third-order valence-corrected chi connectivity index (χ3v) is 0.373. The minimum Gasteiger partial charge on any atom is -0.275 e. The summed E-state index contributed by atoms with van der Waals surface area (Å²) in [5, 5.41) is 8.37. The Morgan fingerprint density at radius 1 is 1.75 bits per heavy atom. The molecule has 6 heteroatoms. The second kappa shape index (κ2) is 2.37. The summed E-state index contributed by atoms with van der Waals surface area (Å²) >= 11 is 10.1. The highest BCUT2D eigenvalue weighted by Gasteiger charge is 2.20. The summed E-state index contributed by atoms with van der Waals surface area (Å²) in [6.07, 6.45) is 0. The molecule has 0 aromatic heterocycles. The van der Waals surface area contributed by atoms with Crippen LogP contribution < -0.4 is 0 Å². The van der Waals surface area contributed by atoms with Gasteiger partial charge in [0.2, 0.25) is 0 Å². The second-order valence-corrected chi connectivity index (χ2v) is 2.76. The Hall–Kier alpha value is -0.220. The Kier molecular flexibility index (Phi) is 2.30. The average Bonchev–Trinajstić information content (AvgIpc) is 1.21. The highest BCUT2D eigenvalue weighted by atomic mass is 35.5. The molecule has 0 amide bonds. The van der Waals surface area contributed by atoms with Crippen LogP contribution in [0.3, 0.4) is 0 Å². The molecule has 0 aromatic rings. The largest absolute Gasteiger partial charge is 0.297 e. The van der Waals surface area contributed by atoms with Gasteiger partial charge in [-0.05, 0) is 6.92 Å². The molecule has 0 saturated carbocycles. The van der Waals surface area contributed by atoms with Crippen molar-refractivity contribution in [3.63, 3.8) is 0 Å². The van der Waals surface area contributed by atoms with Crippen molar-refractivity contribution in [2.75, 3.05) is 0 Å². The Bertz CT molecular complexity index is 97.9. The molecule has 0 atom stereocenters. The molecule has 0 unspecified atom stereocenters. The van der Waals surface area contributed by atoms with Crippen LogP contribution in [0.15, 0.2) is 0 Å². The average molecular weight is 160 g/mol. The number of hydrogen-bond donors (Lipinski definition) is 0. The predicted octanol–water partition coefficient (Wildman–Crippen LogP) is 1.35. The molecule has 0 N–H and O–H groups in total. The number of alkyl halides is 2. The van der Waals surface area contributed by atoms with Gasteiger partial charge in [-0.3, -0.25) is 4.84 Å². The fraction of sp³-hybridized carbons (Fsp3) is 1.00. The zero-order valence-corrected chi connectivity index (χ0v) is 5.44. The van der Waals surface area contributed by atoms with Gasteiger partial charge in [-0.2, -0.15) is 0 Å². The number of hydrogen-bond acceptors (Lipinski definition) is 3. The van der Waals surface area contributed by atoms with Crippen LogP contribution in [-0.4, -0.2) is 9.61 Å². The van der Waals surface area contributed by atoms with E-state index >= 15 is 0 Å². The summed E-state index contributed by atoms with van der Waals surface area (Å²) in [4.78, 5) is 13.1. The van der Waals surface area contributed by atoms with E-state index in [0.717, 1.165) is 6.92 Å². The molecule has 4 nitrogen and oxygen atoms in total.